The molecular formula is C9H19N3O3. The van der Waals surface area contributed by atoms with Crippen LogP contribution in [0.15, 0.2) is 0 Å². The highest BCUT2D eigenvalue weighted by Crippen LogP contribution is 1.86. The fraction of sp³-hybridized carbons (Fsp3) is 0.778. The van der Waals surface area contributed by atoms with Gasteiger partial charge in [0.1, 0.15) is 0 Å². The summed E-state index contributed by atoms with van der Waals surface area (Å²) in [5.41, 5.74) is 0. The van der Waals surface area contributed by atoms with E-state index in [1.807, 2.05) is 0 Å². The molecule has 0 aromatic rings. The summed E-state index contributed by atoms with van der Waals surface area (Å²) in [6, 6.07) is -1.21. The van der Waals surface area contributed by atoms with E-state index in [4.69, 9.17) is 5.11 Å². The van der Waals surface area contributed by atoms with Gasteiger partial charge in [-0.15, -0.1) is 0 Å². The highest BCUT2D eigenvalue weighted by molar-refractivity contribution is 5.96. The molecule has 0 bridgehead atoms. The van der Waals surface area contributed by atoms with E-state index >= 15 is 0 Å². The van der Waals surface area contributed by atoms with Gasteiger partial charge in [-0.3, -0.25) is 10.1 Å². The van der Waals surface area contributed by atoms with Crippen molar-refractivity contribution in [2.45, 2.75) is 32.9 Å². The molecule has 6 nitrogen and oxygen atoms in total. The van der Waals surface area contributed by atoms with Crippen LogP contribution in [0.3, 0.4) is 0 Å². The summed E-state index contributed by atoms with van der Waals surface area (Å²) in [6.45, 7) is 5.54. The summed E-state index contributed by atoms with van der Waals surface area (Å²) >= 11 is 0. The molecule has 0 aromatic heterocycles. The van der Waals surface area contributed by atoms with Gasteiger partial charge in [-0.05, 0) is 20.8 Å². The molecule has 4 N–H and O–H groups in total. The van der Waals surface area contributed by atoms with E-state index in [1.54, 1.807) is 20.8 Å². The van der Waals surface area contributed by atoms with E-state index in [1.165, 1.54) is 0 Å². The number of aliphatic hydroxyl groups is 1. The van der Waals surface area contributed by atoms with Crippen molar-refractivity contribution < 1.29 is 14.7 Å². The standard InChI is InChI=1S/C9H19N3O3/c1-4-10-9(15)12-8(14)7(3)11-6(2)5-13/h6-7,11,13H,4-5H2,1-3H3,(H2,10,12,14,15). The first-order valence-corrected chi connectivity index (χ1v) is 4.96. The summed E-state index contributed by atoms with van der Waals surface area (Å²) in [6.07, 6.45) is 0. The van der Waals surface area contributed by atoms with Crippen LogP contribution in [0.4, 0.5) is 4.79 Å². The molecule has 6 heteroatoms. The Morgan fingerprint density at radius 3 is 2.40 bits per heavy atom. The predicted molar refractivity (Wildman–Crippen MR) is 56.4 cm³/mol. The second-order valence-electron chi connectivity index (χ2n) is 3.32. The van der Waals surface area contributed by atoms with Crippen molar-refractivity contribution in [1.29, 1.82) is 0 Å². The highest BCUT2D eigenvalue weighted by atomic mass is 16.3. The van der Waals surface area contributed by atoms with Crippen molar-refractivity contribution >= 4 is 11.9 Å². The lowest BCUT2D eigenvalue weighted by Crippen LogP contribution is -2.50. The predicted octanol–water partition coefficient (Wildman–Crippen LogP) is -0.809. The van der Waals surface area contributed by atoms with Crippen molar-refractivity contribution in [2.24, 2.45) is 0 Å². The molecule has 3 amide bonds. The third-order valence-electron chi connectivity index (χ3n) is 1.78. The third kappa shape index (κ3) is 6.03. The zero-order valence-electron chi connectivity index (χ0n) is 9.33. The number of hydrogen-bond acceptors (Lipinski definition) is 4. The van der Waals surface area contributed by atoms with Crippen LogP contribution in [-0.4, -0.2) is 42.3 Å². The lowest BCUT2D eigenvalue weighted by atomic mass is 10.2. The minimum Gasteiger partial charge on any atom is -0.395 e. The molecular weight excluding hydrogens is 198 g/mol. The van der Waals surface area contributed by atoms with Gasteiger partial charge in [0, 0.05) is 12.6 Å². The quantitative estimate of drug-likeness (QED) is 0.485. The molecule has 15 heavy (non-hydrogen) atoms. The number of hydrogen-bond donors (Lipinski definition) is 4. The van der Waals surface area contributed by atoms with E-state index in [-0.39, 0.29) is 12.6 Å². The molecule has 0 spiro atoms. The monoisotopic (exact) mass is 217 g/mol. The molecule has 0 heterocycles. The minimum atomic E-state index is -0.519. The Bertz CT molecular complexity index is 221. The third-order valence-corrected chi connectivity index (χ3v) is 1.78. The maximum absolute atomic E-state index is 11.4. The fourth-order valence-electron chi connectivity index (χ4n) is 0.980. The lowest BCUT2D eigenvalue weighted by Gasteiger charge is -2.17. The molecule has 0 saturated carbocycles. The molecule has 2 unspecified atom stereocenters. The molecule has 0 fully saturated rings. The molecule has 2 atom stereocenters. The molecule has 0 aliphatic rings. The number of carbonyl (C=O) groups excluding carboxylic acids is 2. The van der Waals surface area contributed by atoms with Crippen molar-refractivity contribution in [2.75, 3.05) is 13.2 Å². The minimum absolute atomic E-state index is 0.0568. The topological polar surface area (TPSA) is 90.5 Å². The van der Waals surface area contributed by atoms with Gasteiger partial charge in [-0.2, -0.15) is 0 Å². The number of imide groups is 1. The van der Waals surface area contributed by atoms with Crippen molar-refractivity contribution in [3.8, 4) is 0 Å². The van der Waals surface area contributed by atoms with Gasteiger partial charge in [-0.25, -0.2) is 4.79 Å². The smallest absolute Gasteiger partial charge is 0.321 e. The first kappa shape index (κ1) is 13.9. The lowest BCUT2D eigenvalue weighted by molar-refractivity contribution is -0.121. The van der Waals surface area contributed by atoms with Crippen LogP contribution in [0, 0.1) is 0 Å². The first-order valence-electron chi connectivity index (χ1n) is 4.96. The molecule has 0 radical (unpaired) electrons. The average Bonchev–Trinajstić information content (AvgIpc) is 2.17. The molecule has 88 valence electrons. The van der Waals surface area contributed by atoms with E-state index in [0.717, 1.165) is 0 Å². The van der Waals surface area contributed by atoms with Crippen molar-refractivity contribution in [1.82, 2.24) is 16.0 Å². The summed E-state index contributed by atoms with van der Waals surface area (Å²) in [4.78, 5) is 22.4. The average molecular weight is 217 g/mol. The number of amides is 3. The fourth-order valence-corrected chi connectivity index (χ4v) is 0.980. The largest absolute Gasteiger partial charge is 0.395 e. The van der Waals surface area contributed by atoms with Crippen LogP contribution in [0.1, 0.15) is 20.8 Å². The zero-order valence-corrected chi connectivity index (χ0v) is 9.33. The van der Waals surface area contributed by atoms with Gasteiger partial charge in [0.05, 0.1) is 12.6 Å². The molecule has 0 rings (SSSR count). The Kier molecular flexibility index (Phi) is 6.64. The van der Waals surface area contributed by atoms with Crippen LogP contribution in [0.2, 0.25) is 0 Å². The van der Waals surface area contributed by atoms with Gasteiger partial charge in [-0.1, -0.05) is 0 Å². The van der Waals surface area contributed by atoms with Crippen molar-refractivity contribution in [3.63, 3.8) is 0 Å². The normalized spacial score (nSPS) is 14.1. The zero-order chi connectivity index (χ0) is 11.8. The number of nitrogens with one attached hydrogen (secondary N) is 3. The Morgan fingerprint density at radius 2 is 1.93 bits per heavy atom. The number of carbonyl (C=O) groups is 2. The van der Waals surface area contributed by atoms with Gasteiger partial charge < -0.3 is 15.7 Å². The van der Waals surface area contributed by atoms with E-state index < -0.39 is 18.0 Å². The summed E-state index contributed by atoms with van der Waals surface area (Å²) < 4.78 is 0. The number of rotatable bonds is 5. The van der Waals surface area contributed by atoms with Gasteiger partial charge in [0.25, 0.3) is 0 Å². The summed E-state index contributed by atoms with van der Waals surface area (Å²) in [5.74, 6) is -0.416. The number of urea groups is 1. The second kappa shape index (κ2) is 7.19. The summed E-state index contributed by atoms with van der Waals surface area (Å²) in [7, 11) is 0. The maximum atomic E-state index is 11.4. The Balaban J connectivity index is 3.93. The SMILES string of the molecule is CCNC(=O)NC(=O)C(C)NC(C)CO. The Labute approximate surface area is 89.4 Å². The van der Waals surface area contributed by atoms with Crippen LogP contribution in [0.25, 0.3) is 0 Å². The van der Waals surface area contributed by atoms with Crippen molar-refractivity contribution in [3.05, 3.63) is 0 Å². The summed E-state index contributed by atoms with van der Waals surface area (Å²) in [5, 5.41) is 16.2. The second-order valence-corrected chi connectivity index (χ2v) is 3.32. The molecule has 0 saturated heterocycles. The van der Waals surface area contributed by atoms with Crippen LogP contribution in [-0.2, 0) is 4.79 Å². The van der Waals surface area contributed by atoms with E-state index in [2.05, 4.69) is 16.0 Å². The highest BCUT2D eigenvalue weighted by Gasteiger charge is 2.16. The van der Waals surface area contributed by atoms with Gasteiger partial charge in [0.2, 0.25) is 5.91 Å². The van der Waals surface area contributed by atoms with Crippen LogP contribution in [0.5, 0.6) is 0 Å². The maximum Gasteiger partial charge on any atom is 0.321 e. The van der Waals surface area contributed by atoms with Crippen LogP contribution >= 0.6 is 0 Å². The van der Waals surface area contributed by atoms with Gasteiger partial charge >= 0.3 is 6.03 Å². The molecule has 0 aromatic carbocycles. The Morgan fingerprint density at radius 1 is 1.33 bits per heavy atom. The molecule has 0 aliphatic heterocycles. The Hall–Kier alpha value is -1.14. The van der Waals surface area contributed by atoms with Gasteiger partial charge in [0.15, 0.2) is 0 Å². The number of aliphatic hydroxyl groups excluding tert-OH is 1. The first-order chi connectivity index (χ1) is 7.01. The van der Waals surface area contributed by atoms with Crippen LogP contribution < -0.4 is 16.0 Å². The van der Waals surface area contributed by atoms with E-state index in [9.17, 15) is 9.59 Å². The molecule has 0 aliphatic carbocycles. The van der Waals surface area contributed by atoms with E-state index in [0.29, 0.717) is 6.54 Å².